The smallest absolute Gasteiger partial charge is 0.337 e. The van der Waals surface area contributed by atoms with Gasteiger partial charge < -0.3 is 9.84 Å². The molecule has 1 aromatic carbocycles. The maximum atomic E-state index is 12.1. The molecular weight excluding hydrogens is 282 g/mol. The average Bonchev–Trinajstić information content (AvgIpc) is 2.36. The molecule has 0 aromatic heterocycles. The van der Waals surface area contributed by atoms with E-state index in [-0.39, 0.29) is 12.3 Å². The number of benzene rings is 1. The lowest BCUT2D eigenvalue weighted by Crippen LogP contribution is -2.34. The second-order valence-corrected chi connectivity index (χ2v) is 6.65. The zero-order valence-electron chi connectivity index (χ0n) is 11.7. The zero-order chi connectivity index (χ0) is 15.3. The van der Waals surface area contributed by atoms with Crippen LogP contribution in [0.4, 0.5) is 0 Å². The van der Waals surface area contributed by atoms with E-state index in [1.54, 1.807) is 18.2 Å². The summed E-state index contributed by atoms with van der Waals surface area (Å²) in [6, 6.07) is 6.27. The summed E-state index contributed by atoms with van der Waals surface area (Å²) < 4.78 is 29.9. The van der Waals surface area contributed by atoms with Gasteiger partial charge in [0.25, 0.3) is 0 Å². The number of nitrogens with zero attached hydrogens (tertiary/aromatic N) is 1. The normalized spacial score (nSPS) is 13.2. The summed E-state index contributed by atoms with van der Waals surface area (Å²) in [6.07, 6.45) is -0.740. The Bertz CT molecular complexity index is 568. The number of esters is 1. The van der Waals surface area contributed by atoms with Crippen molar-refractivity contribution in [2.75, 3.05) is 20.7 Å². The summed E-state index contributed by atoms with van der Waals surface area (Å²) in [5, 5.41) is 9.23. The molecular formula is C13H19NO5S. The van der Waals surface area contributed by atoms with Crippen molar-refractivity contribution < 1.29 is 23.1 Å². The number of likely N-dealkylation sites (N-methyl/N-ethyl adjacent to an activating group) is 1. The van der Waals surface area contributed by atoms with Crippen molar-refractivity contribution in [2.24, 2.45) is 0 Å². The summed E-state index contributed by atoms with van der Waals surface area (Å²) in [7, 11) is -0.861. The summed E-state index contributed by atoms with van der Waals surface area (Å²) in [4.78, 5) is 11.4. The highest BCUT2D eigenvalue weighted by atomic mass is 32.2. The van der Waals surface area contributed by atoms with E-state index in [9.17, 15) is 18.3 Å². The summed E-state index contributed by atoms with van der Waals surface area (Å²) in [6.45, 7) is 1.54. The van der Waals surface area contributed by atoms with Gasteiger partial charge in [0.15, 0.2) is 0 Å². The third-order valence-electron chi connectivity index (χ3n) is 2.69. The molecule has 0 radical (unpaired) electrons. The van der Waals surface area contributed by atoms with Crippen LogP contribution in [-0.2, 0) is 20.5 Å². The minimum absolute atomic E-state index is 0.0268. The second-order valence-electron chi connectivity index (χ2n) is 4.58. The SMILES string of the molecule is COC(=O)c1cccc(CS(=O)(=O)N(C)CC(C)O)c1. The van der Waals surface area contributed by atoms with Crippen molar-refractivity contribution in [3.63, 3.8) is 0 Å². The molecule has 0 amide bonds. The third kappa shape index (κ3) is 4.59. The van der Waals surface area contributed by atoms with E-state index < -0.39 is 22.1 Å². The fourth-order valence-electron chi connectivity index (χ4n) is 1.71. The van der Waals surface area contributed by atoms with Crippen LogP contribution in [0.3, 0.4) is 0 Å². The van der Waals surface area contributed by atoms with Crippen LogP contribution in [0.2, 0.25) is 0 Å². The molecule has 0 aliphatic rings. The Morgan fingerprint density at radius 2 is 2.10 bits per heavy atom. The summed E-state index contributed by atoms with van der Waals surface area (Å²) in [5.74, 6) is -0.747. The number of aliphatic hydroxyl groups excluding tert-OH is 1. The van der Waals surface area contributed by atoms with Crippen LogP contribution in [0.5, 0.6) is 0 Å². The van der Waals surface area contributed by atoms with Crippen molar-refractivity contribution in [2.45, 2.75) is 18.8 Å². The molecule has 1 aromatic rings. The van der Waals surface area contributed by atoms with E-state index >= 15 is 0 Å². The van der Waals surface area contributed by atoms with Crippen molar-refractivity contribution in [1.29, 1.82) is 0 Å². The first kappa shape index (κ1) is 16.6. The Labute approximate surface area is 119 Å². The minimum Gasteiger partial charge on any atom is -0.465 e. The molecule has 1 N–H and O–H groups in total. The molecule has 0 heterocycles. The molecule has 112 valence electrons. The quantitative estimate of drug-likeness (QED) is 0.779. The summed E-state index contributed by atoms with van der Waals surface area (Å²) >= 11 is 0. The highest BCUT2D eigenvalue weighted by Gasteiger charge is 2.20. The molecule has 20 heavy (non-hydrogen) atoms. The highest BCUT2D eigenvalue weighted by Crippen LogP contribution is 2.12. The molecule has 0 saturated heterocycles. The van der Waals surface area contributed by atoms with Gasteiger partial charge in [-0.3, -0.25) is 0 Å². The van der Waals surface area contributed by atoms with E-state index in [1.807, 2.05) is 0 Å². The van der Waals surface area contributed by atoms with Crippen molar-refractivity contribution in [3.8, 4) is 0 Å². The van der Waals surface area contributed by atoms with Crippen LogP contribution in [0.25, 0.3) is 0 Å². The van der Waals surface area contributed by atoms with Gasteiger partial charge in [0.05, 0.1) is 24.5 Å². The van der Waals surface area contributed by atoms with E-state index in [1.165, 1.54) is 27.1 Å². The Hall–Kier alpha value is -1.44. The molecule has 1 unspecified atom stereocenters. The zero-order valence-corrected chi connectivity index (χ0v) is 12.6. The Morgan fingerprint density at radius 3 is 2.65 bits per heavy atom. The molecule has 0 aliphatic carbocycles. The van der Waals surface area contributed by atoms with Crippen LogP contribution in [0.1, 0.15) is 22.8 Å². The number of carbonyl (C=O) groups excluding carboxylic acids is 1. The van der Waals surface area contributed by atoms with Gasteiger partial charge in [0, 0.05) is 13.6 Å². The van der Waals surface area contributed by atoms with Crippen LogP contribution in [0.15, 0.2) is 24.3 Å². The maximum absolute atomic E-state index is 12.1. The van der Waals surface area contributed by atoms with E-state index in [0.717, 1.165) is 4.31 Å². The molecule has 0 saturated carbocycles. The fraction of sp³-hybridized carbons (Fsp3) is 0.462. The van der Waals surface area contributed by atoms with Crippen LogP contribution in [0, 0.1) is 0 Å². The number of hydrogen-bond donors (Lipinski definition) is 1. The van der Waals surface area contributed by atoms with Gasteiger partial charge in [0.2, 0.25) is 10.0 Å². The highest BCUT2D eigenvalue weighted by molar-refractivity contribution is 7.88. The number of methoxy groups -OCH3 is 1. The largest absolute Gasteiger partial charge is 0.465 e. The lowest BCUT2D eigenvalue weighted by molar-refractivity contribution is 0.0600. The number of rotatable bonds is 6. The van der Waals surface area contributed by atoms with Gasteiger partial charge in [-0.15, -0.1) is 0 Å². The maximum Gasteiger partial charge on any atom is 0.337 e. The molecule has 0 aliphatic heterocycles. The molecule has 1 atom stereocenters. The predicted octanol–water partition coefficient (Wildman–Crippen LogP) is 0.616. The standard InChI is InChI=1S/C13H19NO5S/c1-10(15)8-14(2)20(17,18)9-11-5-4-6-12(7-11)13(16)19-3/h4-7,10,15H,8-9H2,1-3H3. The predicted molar refractivity (Wildman–Crippen MR) is 74.7 cm³/mol. The number of aliphatic hydroxyl groups is 1. The molecule has 6 nitrogen and oxygen atoms in total. The van der Waals surface area contributed by atoms with Crippen LogP contribution >= 0.6 is 0 Å². The fourth-order valence-corrected chi connectivity index (χ4v) is 2.98. The molecule has 0 fully saturated rings. The number of hydrogen-bond acceptors (Lipinski definition) is 5. The topological polar surface area (TPSA) is 83.9 Å². The summed E-state index contributed by atoms with van der Waals surface area (Å²) in [5.41, 5.74) is 0.795. The Kier molecular flexibility index (Phi) is 5.67. The number of carbonyl (C=O) groups is 1. The van der Waals surface area contributed by atoms with Gasteiger partial charge in [0.1, 0.15) is 0 Å². The Morgan fingerprint density at radius 1 is 1.45 bits per heavy atom. The van der Waals surface area contributed by atoms with Crippen molar-refractivity contribution in [3.05, 3.63) is 35.4 Å². The first-order valence-electron chi connectivity index (χ1n) is 6.05. The van der Waals surface area contributed by atoms with Crippen LogP contribution in [-0.4, -0.2) is 50.6 Å². The molecule has 0 bridgehead atoms. The Balaban J connectivity index is 2.90. The average molecular weight is 301 g/mol. The van der Waals surface area contributed by atoms with Gasteiger partial charge in [-0.2, -0.15) is 0 Å². The van der Waals surface area contributed by atoms with Gasteiger partial charge in [-0.25, -0.2) is 17.5 Å². The third-order valence-corrected chi connectivity index (χ3v) is 4.49. The molecule has 0 spiro atoms. The van der Waals surface area contributed by atoms with E-state index in [4.69, 9.17) is 0 Å². The van der Waals surface area contributed by atoms with Gasteiger partial charge >= 0.3 is 5.97 Å². The first-order valence-corrected chi connectivity index (χ1v) is 7.66. The van der Waals surface area contributed by atoms with Crippen LogP contribution < -0.4 is 0 Å². The van der Waals surface area contributed by atoms with E-state index in [0.29, 0.717) is 11.1 Å². The molecule has 7 heteroatoms. The number of sulfonamides is 1. The van der Waals surface area contributed by atoms with E-state index in [2.05, 4.69) is 4.74 Å². The monoisotopic (exact) mass is 301 g/mol. The second kappa shape index (κ2) is 6.83. The molecule has 1 rings (SSSR count). The minimum atomic E-state index is -3.54. The van der Waals surface area contributed by atoms with Gasteiger partial charge in [-0.1, -0.05) is 12.1 Å². The van der Waals surface area contributed by atoms with Gasteiger partial charge in [-0.05, 0) is 24.6 Å². The van der Waals surface area contributed by atoms with Crippen molar-refractivity contribution in [1.82, 2.24) is 4.31 Å². The lowest BCUT2D eigenvalue weighted by atomic mass is 10.1. The van der Waals surface area contributed by atoms with Crippen molar-refractivity contribution >= 4 is 16.0 Å². The lowest BCUT2D eigenvalue weighted by Gasteiger charge is -2.18. The number of ether oxygens (including phenoxy) is 1. The first-order chi connectivity index (χ1) is 9.26.